The molecular formula is C8H8BrNO2. The number of halogens is 1. The zero-order chi connectivity index (χ0) is 8.97. The predicted molar refractivity (Wildman–Crippen MR) is 48.8 cm³/mol. The third-order valence-electron chi connectivity index (χ3n) is 1.28. The smallest absolute Gasteiger partial charge is 0.405 e. The number of hydrogen-bond acceptors (Lipinski definition) is 2. The highest BCUT2D eigenvalue weighted by atomic mass is 79.9. The molecular weight excluding hydrogens is 222 g/mol. The van der Waals surface area contributed by atoms with Crippen LogP contribution in [0.2, 0.25) is 0 Å². The lowest BCUT2D eigenvalue weighted by Crippen LogP contribution is -2.14. The van der Waals surface area contributed by atoms with Crippen LogP contribution in [-0.2, 0) is 4.74 Å². The molecule has 1 atom stereocenters. The molecule has 1 aromatic carbocycles. The fourth-order valence-electron chi connectivity index (χ4n) is 0.774. The van der Waals surface area contributed by atoms with E-state index in [0.717, 1.165) is 5.56 Å². The largest absolute Gasteiger partial charge is 0.430 e. The fourth-order valence-corrected chi connectivity index (χ4v) is 1.26. The minimum Gasteiger partial charge on any atom is -0.430 e. The highest BCUT2D eigenvalue weighted by molar-refractivity contribution is 9.09. The van der Waals surface area contributed by atoms with E-state index in [9.17, 15) is 4.79 Å². The van der Waals surface area contributed by atoms with Gasteiger partial charge in [0.15, 0.2) is 5.01 Å². The normalized spacial score (nSPS) is 12.1. The number of amides is 1. The molecule has 0 saturated carbocycles. The molecule has 0 heterocycles. The fraction of sp³-hybridized carbons (Fsp3) is 0.125. The molecule has 0 aromatic heterocycles. The maximum absolute atomic E-state index is 10.4. The molecule has 0 radical (unpaired) electrons. The summed E-state index contributed by atoms with van der Waals surface area (Å²) in [6, 6.07) is 9.26. The number of carbonyl (C=O) groups excluding carboxylic acids is 1. The van der Waals surface area contributed by atoms with E-state index in [1.54, 1.807) is 0 Å². The Bertz CT molecular complexity index is 263. The Balaban J connectivity index is 2.65. The number of alkyl halides is 1. The van der Waals surface area contributed by atoms with Crippen molar-refractivity contribution in [2.75, 3.05) is 0 Å². The van der Waals surface area contributed by atoms with Crippen LogP contribution in [0.25, 0.3) is 0 Å². The molecule has 0 spiro atoms. The van der Waals surface area contributed by atoms with E-state index in [4.69, 9.17) is 10.5 Å². The number of rotatable bonds is 2. The molecule has 2 N–H and O–H groups in total. The second kappa shape index (κ2) is 4.11. The average Bonchev–Trinajstić information content (AvgIpc) is 2.05. The molecule has 1 rings (SSSR count). The second-order valence-corrected chi connectivity index (χ2v) is 3.00. The summed E-state index contributed by atoms with van der Waals surface area (Å²) in [6.45, 7) is 0. The van der Waals surface area contributed by atoms with Gasteiger partial charge in [0.25, 0.3) is 0 Å². The van der Waals surface area contributed by atoms with Gasteiger partial charge in [-0.15, -0.1) is 0 Å². The van der Waals surface area contributed by atoms with E-state index in [0.29, 0.717) is 0 Å². The molecule has 64 valence electrons. The van der Waals surface area contributed by atoms with Gasteiger partial charge in [-0.1, -0.05) is 30.3 Å². The molecule has 1 amide bonds. The minimum atomic E-state index is -0.791. The van der Waals surface area contributed by atoms with Crippen LogP contribution < -0.4 is 5.73 Å². The third-order valence-corrected chi connectivity index (χ3v) is 2.00. The van der Waals surface area contributed by atoms with Crippen LogP contribution >= 0.6 is 15.9 Å². The van der Waals surface area contributed by atoms with Crippen LogP contribution in [0.3, 0.4) is 0 Å². The van der Waals surface area contributed by atoms with Gasteiger partial charge in [-0.25, -0.2) is 4.79 Å². The van der Waals surface area contributed by atoms with Crippen LogP contribution in [0.15, 0.2) is 30.3 Å². The molecule has 0 aliphatic carbocycles. The number of ether oxygens (including phenoxy) is 1. The monoisotopic (exact) mass is 229 g/mol. The Morgan fingerprint density at radius 2 is 2.00 bits per heavy atom. The van der Waals surface area contributed by atoms with Gasteiger partial charge in [-0.3, -0.25) is 0 Å². The number of nitrogens with two attached hydrogens (primary N) is 1. The first-order valence-corrected chi connectivity index (χ1v) is 4.27. The number of benzene rings is 1. The average molecular weight is 230 g/mol. The van der Waals surface area contributed by atoms with E-state index in [-0.39, 0.29) is 0 Å². The van der Waals surface area contributed by atoms with Crippen molar-refractivity contribution in [2.24, 2.45) is 5.73 Å². The molecule has 0 bridgehead atoms. The summed E-state index contributed by atoms with van der Waals surface area (Å²) < 4.78 is 4.69. The summed E-state index contributed by atoms with van der Waals surface area (Å²) in [5.41, 5.74) is 5.70. The Kier molecular flexibility index (Phi) is 3.10. The topological polar surface area (TPSA) is 52.3 Å². The molecule has 0 fully saturated rings. The summed E-state index contributed by atoms with van der Waals surface area (Å²) in [6.07, 6.45) is -0.791. The zero-order valence-corrected chi connectivity index (χ0v) is 7.82. The van der Waals surface area contributed by atoms with Crippen LogP contribution in [-0.4, -0.2) is 6.09 Å². The van der Waals surface area contributed by atoms with Crippen LogP contribution in [0.1, 0.15) is 10.6 Å². The van der Waals surface area contributed by atoms with E-state index in [1.807, 2.05) is 30.3 Å². The second-order valence-electron chi connectivity index (χ2n) is 2.16. The van der Waals surface area contributed by atoms with E-state index in [1.165, 1.54) is 0 Å². The van der Waals surface area contributed by atoms with Gasteiger partial charge in [-0.2, -0.15) is 0 Å². The Labute approximate surface area is 78.6 Å². The first-order valence-electron chi connectivity index (χ1n) is 3.35. The SMILES string of the molecule is NC(=O)OC(Br)c1ccccc1. The van der Waals surface area contributed by atoms with Gasteiger partial charge in [0.2, 0.25) is 0 Å². The van der Waals surface area contributed by atoms with E-state index in [2.05, 4.69) is 15.9 Å². The zero-order valence-electron chi connectivity index (χ0n) is 6.24. The molecule has 0 aliphatic rings. The van der Waals surface area contributed by atoms with E-state index >= 15 is 0 Å². The van der Waals surface area contributed by atoms with Crippen molar-refractivity contribution >= 4 is 22.0 Å². The van der Waals surface area contributed by atoms with Crippen molar-refractivity contribution in [2.45, 2.75) is 5.01 Å². The van der Waals surface area contributed by atoms with Crippen LogP contribution in [0.4, 0.5) is 4.79 Å². The minimum absolute atomic E-state index is 0.462. The third kappa shape index (κ3) is 2.54. The lowest BCUT2D eigenvalue weighted by Gasteiger charge is -2.08. The maximum Gasteiger partial charge on any atom is 0.405 e. The first-order chi connectivity index (χ1) is 5.70. The van der Waals surface area contributed by atoms with Gasteiger partial charge in [0, 0.05) is 5.56 Å². The Hall–Kier alpha value is -1.03. The molecule has 1 unspecified atom stereocenters. The van der Waals surface area contributed by atoms with Crippen LogP contribution in [0, 0.1) is 0 Å². The van der Waals surface area contributed by atoms with Crippen molar-refractivity contribution in [3.8, 4) is 0 Å². The Morgan fingerprint density at radius 3 is 2.50 bits per heavy atom. The highest BCUT2D eigenvalue weighted by Crippen LogP contribution is 2.22. The predicted octanol–water partition coefficient (Wildman–Crippen LogP) is 2.18. The van der Waals surface area contributed by atoms with Crippen molar-refractivity contribution in [3.05, 3.63) is 35.9 Å². The Morgan fingerprint density at radius 1 is 1.42 bits per heavy atom. The summed E-state index contributed by atoms with van der Waals surface area (Å²) in [5.74, 6) is 0. The number of hydrogen-bond donors (Lipinski definition) is 1. The van der Waals surface area contributed by atoms with Gasteiger partial charge >= 0.3 is 6.09 Å². The summed E-state index contributed by atoms with van der Waals surface area (Å²) in [7, 11) is 0. The van der Waals surface area contributed by atoms with E-state index < -0.39 is 11.1 Å². The highest BCUT2D eigenvalue weighted by Gasteiger charge is 2.08. The van der Waals surface area contributed by atoms with Crippen molar-refractivity contribution < 1.29 is 9.53 Å². The van der Waals surface area contributed by atoms with Crippen molar-refractivity contribution in [1.82, 2.24) is 0 Å². The lowest BCUT2D eigenvalue weighted by molar-refractivity contribution is 0.148. The summed E-state index contributed by atoms with van der Waals surface area (Å²) in [4.78, 5) is 10.4. The molecule has 0 saturated heterocycles. The molecule has 1 aromatic rings. The van der Waals surface area contributed by atoms with Gasteiger partial charge in [-0.05, 0) is 15.9 Å². The van der Waals surface area contributed by atoms with Crippen molar-refractivity contribution in [1.29, 1.82) is 0 Å². The molecule has 3 nitrogen and oxygen atoms in total. The first kappa shape index (κ1) is 9.06. The van der Waals surface area contributed by atoms with Gasteiger partial charge in [0.1, 0.15) is 0 Å². The number of carbonyl (C=O) groups is 1. The molecule has 0 aliphatic heterocycles. The molecule has 4 heteroatoms. The summed E-state index contributed by atoms with van der Waals surface area (Å²) >= 11 is 3.16. The van der Waals surface area contributed by atoms with Crippen LogP contribution in [0.5, 0.6) is 0 Å². The summed E-state index contributed by atoms with van der Waals surface area (Å²) in [5, 5.41) is -0.462. The quantitative estimate of drug-likeness (QED) is 0.791. The lowest BCUT2D eigenvalue weighted by atomic mass is 10.2. The molecule has 12 heavy (non-hydrogen) atoms. The standard InChI is InChI=1S/C8H8BrNO2/c9-7(12-8(10)11)6-4-2-1-3-5-6/h1-5,7H,(H2,10,11). The number of primary amides is 1. The van der Waals surface area contributed by atoms with Gasteiger partial charge in [0.05, 0.1) is 0 Å². The maximum atomic E-state index is 10.4. The van der Waals surface area contributed by atoms with Gasteiger partial charge < -0.3 is 10.5 Å². The van der Waals surface area contributed by atoms with Crippen molar-refractivity contribution in [3.63, 3.8) is 0 Å².